The quantitative estimate of drug-likeness (QED) is 0.850. The first-order valence-electron chi connectivity index (χ1n) is 5.87. The van der Waals surface area contributed by atoms with E-state index in [9.17, 15) is 4.79 Å². The fourth-order valence-electron chi connectivity index (χ4n) is 1.50. The van der Waals surface area contributed by atoms with Crippen molar-refractivity contribution in [3.05, 3.63) is 36.1 Å². The second kappa shape index (κ2) is 5.94. The summed E-state index contributed by atoms with van der Waals surface area (Å²) >= 11 is 0. The SMILES string of the molecule is Cc1nc(C(=O)NCCN(C)c2ccccn2)no1. The van der Waals surface area contributed by atoms with Crippen LogP contribution in [0.25, 0.3) is 0 Å². The molecule has 1 amide bonds. The van der Waals surface area contributed by atoms with Gasteiger partial charge in [0.25, 0.3) is 11.7 Å². The number of hydrogen-bond acceptors (Lipinski definition) is 6. The number of pyridine rings is 1. The van der Waals surface area contributed by atoms with Gasteiger partial charge >= 0.3 is 0 Å². The van der Waals surface area contributed by atoms with Crippen molar-refractivity contribution in [3.63, 3.8) is 0 Å². The normalized spacial score (nSPS) is 10.2. The molecule has 7 nitrogen and oxygen atoms in total. The molecule has 0 saturated heterocycles. The maximum Gasteiger partial charge on any atom is 0.292 e. The first kappa shape index (κ1) is 13.0. The first-order valence-corrected chi connectivity index (χ1v) is 5.87. The van der Waals surface area contributed by atoms with Crippen molar-refractivity contribution in [1.82, 2.24) is 20.4 Å². The van der Waals surface area contributed by atoms with Crippen LogP contribution in [-0.4, -0.2) is 41.2 Å². The Kier molecular flexibility index (Phi) is 4.07. The largest absolute Gasteiger partial charge is 0.358 e. The highest BCUT2D eigenvalue weighted by atomic mass is 16.5. The topological polar surface area (TPSA) is 84.2 Å². The molecule has 0 radical (unpaired) electrons. The Hall–Kier alpha value is -2.44. The van der Waals surface area contributed by atoms with Gasteiger partial charge in [0, 0.05) is 33.3 Å². The van der Waals surface area contributed by atoms with E-state index in [1.165, 1.54) is 0 Å². The molecule has 0 aromatic carbocycles. The molecular weight excluding hydrogens is 246 g/mol. The highest BCUT2D eigenvalue weighted by Crippen LogP contribution is 2.05. The summed E-state index contributed by atoms with van der Waals surface area (Å²) in [6.45, 7) is 2.75. The number of nitrogens with zero attached hydrogens (tertiary/aromatic N) is 4. The molecule has 2 rings (SSSR count). The van der Waals surface area contributed by atoms with Crippen LogP contribution in [0.1, 0.15) is 16.5 Å². The van der Waals surface area contributed by atoms with Crippen LogP contribution in [-0.2, 0) is 0 Å². The van der Waals surface area contributed by atoms with E-state index in [1.54, 1.807) is 13.1 Å². The maximum atomic E-state index is 11.6. The molecule has 0 aliphatic rings. The van der Waals surface area contributed by atoms with Gasteiger partial charge in [0.05, 0.1) is 0 Å². The molecule has 100 valence electrons. The first-order chi connectivity index (χ1) is 9.16. The molecule has 0 aliphatic carbocycles. The Morgan fingerprint density at radius 3 is 2.95 bits per heavy atom. The number of amides is 1. The van der Waals surface area contributed by atoms with Crippen LogP contribution in [0.4, 0.5) is 5.82 Å². The number of aromatic nitrogens is 3. The predicted molar refractivity (Wildman–Crippen MR) is 68.9 cm³/mol. The van der Waals surface area contributed by atoms with Crippen molar-refractivity contribution < 1.29 is 9.32 Å². The van der Waals surface area contributed by atoms with Gasteiger partial charge < -0.3 is 14.7 Å². The molecule has 0 bridgehead atoms. The molecule has 19 heavy (non-hydrogen) atoms. The number of carbonyl (C=O) groups excluding carboxylic acids is 1. The summed E-state index contributed by atoms with van der Waals surface area (Å²) in [6.07, 6.45) is 1.73. The minimum atomic E-state index is -0.341. The van der Waals surface area contributed by atoms with Crippen molar-refractivity contribution in [2.24, 2.45) is 0 Å². The standard InChI is InChI=1S/C12H15N5O2/c1-9-15-11(16-19-9)12(18)14-7-8-17(2)10-5-3-4-6-13-10/h3-6H,7-8H2,1-2H3,(H,14,18). The van der Waals surface area contributed by atoms with Gasteiger partial charge in [-0.15, -0.1) is 0 Å². The van der Waals surface area contributed by atoms with Gasteiger partial charge in [-0.25, -0.2) is 4.98 Å². The Morgan fingerprint density at radius 2 is 2.32 bits per heavy atom. The summed E-state index contributed by atoms with van der Waals surface area (Å²) in [5.41, 5.74) is 0. The molecule has 2 aromatic heterocycles. The van der Waals surface area contributed by atoms with Crippen LogP contribution >= 0.6 is 0 Å². The lowest BCUT2D eigenvalue weighted by molar-refractivity contribution is 0.0941. The summed E-state index contributed by atoms with van der Waals surface area (Å²) in [4.78, 5) is 21.7. The van der Waals surface area contributed by atoms with E-state index in [0.717, 1.165) is 5.82 Å². The van der Waals surface area contributed by atoms with Crippen LogP contribution in [0.5, 0.6) is 0 Å². The van der Waals surface area contributed by atoms with Gasteiger partial charge in [-0.2, -0.15) is 4.98 Å². The number of likely N-dealkylation sites (N-methyl/N-ethyl adjacent to an activating group) is 1. The van der Waals surface area contributed by atoms with Gasteiger partial charge in [-0.05, 0) is 12.1 Å². The lowest BCUT2D eigenvalue weighted by atomic mass is 10.4. The van der Waals surface area contributed by atoms with E-state index in [-0.39, 0.29) is 11.7 Å². The smallest absolute Gasteiger partial charge is 0.292 e. The molecule has 0 atom stereocenters. The van der Waals surface area contributed by atoms with Gasteiger partial charge in [0.2, 0.25) is 5.89 Å². The minimum Gasteiger partial charge on any atom is -0.358 e. The zero-order chi connectivity index (χ0) is 13.7. The Labute approximate surface area is 110 Å². The second-order valence-electron chi connectivity index (χ2n) is 4.00. The molecule has 2 heterocycles. The summed E-state index contributed by atoms with van der Waals surface area (Å²) in [5, 5.41) is 6.27. The molecule has 0 spiro atoms. The Bertz CT molecular complexity index is 540. The molecule has 2 aromatic rings. The molecule has 0 unspecified atom stereocenters. The Balaban J connectivity index is 1.79. The summed E-state index contributed by atoms with van der Waals surface area (Å²) < 4.78 is 4.74. The van der Waals surface area contributed by atoms with Gasteiger partial charge in [-0.1, -0.05) is 11.2 Å². The molecule has 7 heteroatoms. The molecular formula is C12H15N5O2. The zero-order valence-corrected chi connectivity index (χ0v) is 10.8. The second-order valence-corrected chi connectivity index (χ2v) is 4.00. The minimum absolute atomic E-state index is 0.0537. The van der Waals surface area contributed by atoms with Crippen molar-refractivity contribution in [1.29, 1.82) is 0 Å². The monoisotopic (exact) mass is 261 g/mol. The van der Waals surface area contributed by atoms with Crippen LogP contribution in [0.15, 0.2) is 28.9 Å². The predicted octanol–water partition coefficient (Wildman–Crippen LogP) is 0.639. The van der Waals surface area contributed by atoms with Gasteiger partial charge in [-0.3, -0.25) is 4.79 Å². The fraction of sp³-hybridized carbons (Fsp3) is 0.333. The lowest BCUT2D eigenvalue weighted by Gasteiger charge is -2.17. The average Bonchev–Trinajstić information content (AvgIpc) is 2.86. The van der Waals surface area contributed by atoms with Crippen LogP contribution in [0.3, 0.4) is 0 Å². The van der Waals surface area contributed by atoms with E-state index in [4.69, 9.17) is 4.52 Å². The van der Waals surface area contributed by atoms with Crippen molar-refractivity contribution in [2.75, 3.05) is 25.0 Å². The molecule has 0 aliphatic heterocycles. The number of anilines is 1. The highest BCUT2D eigenvalue weighted by Gasteiger charge is 2.12. The third kappa shape index (κ3) is 3.51. The van der Waals surface area contributed by atoms with E-state index < -0.39 is 0 Å². The average molecular weight is 261 g/mol. The molecule has 1 N–H and O–H groups in total. The number of carbonyl (C=O) groups is 1. The maximum absolute atomic E-state index is 11.6. The van der Waals surface area contributed by atoms with E-state index >= 15 is 0 Å². The number of aryl methyl sites for hydroxylation is 1. The highest BCUT2D eigenvalue weighted by molar-refractivity contribution is 5.90. The Morgan fingerprint density at radius 1 is 1.47 bits per heavy atom. The van der Waals surface area contributed by atoms with E-state index in [2.05, 4.69) is 20.4 Å². The summed E-state index contributed by atoms with van der Waals surface area (Å²) in [6, 6.07) is 5.68. The molecule has 0 saturated carbocycles. The zero-order valence-electron chi connectivity index (χ0n) is 10.8. The van der Waals surface area contributed by atoms with Crippen LogP contribution in [0, 0.1) is 6.92 Å². The van der Waals surface area contributed by atoms with E-state index in [1.807, 2.05) is 30.1 Å². The van der Waals surface area contributed by atoms with Gasteiger partial charge in [0.15, 0.2) is 0 Å². The molecule has 0 fully saturated rings. The summed E-state index contributed by atoms with van der Waals surface area (Å²) in [5.74, 6) is 0.937. The van der Waals surface area contributed by atoms with Crippen LogP contribution in [0.2, 0.25) is 0 Å². The van der Waals surface area contributed by atoms with Crippen LogP contribution < -0.4 is 10.2 Å². The van der Waals surface area contributed by atoms with Crippen molar-refractivity contribution >= 4 is 11.7 Å². The third-order valence-corrected chi connectivity index (χ3v) is 2.50. The van der Waals surface area contributed by atoms with Gasteiger partial charge in [0.1, 0.15) is 5.82 Å². The van der Waals surface area contributed by atoms with Crippen molar-refractivity contribution in [2.45, 2.75) is 6.92 Å². The number of hydrogen-bond donors (Lipinski definition) is 1. The summed E-state index contributed by atoms with van der Waals surface area (Å²) in [7, 11) is 1.91. The third-order valence-electron chi connectivity index (χ3n) is 2.50. The number of nitrogens with one attached hydrogen (secondary N) is 1. The fourth-order valence-corrected chi connectivity index (χ4v) is 1.50. The lowest BCUT2D eigenvalue weighted by Crippen LogP contribution is -2.33. The number of rotatable bonds is 5. The van der Waals surface area contributed by atoms with Crippen molar-refractivity contribution in [3.8, 4) is 0 Å². The van der Waals surface area contributed by atoms with E-state index in [0.29, 0.717) is 19.0 Å².